The minimum atomic E-state index is -0.643. The predicted octanol–water partition coefficient (Wildman–Crippen LogP) is 1.43. The van der Waals surface area contributed by atoms with E-state index in [-0.39, 0.29) is 17.3 Å². The summed E-state index contributed by atoms with van der Waals surface area (Å²) in [7, 11) is 0. The number of anilines is 1. The number of hydrogen-bond acceptors (Lipinski definition) is 8. The van der Waals surface area contributed by atoms with E-state index in [4.69, 9.17) is 5.73 Å². The number of nitro benzene ring substituents is 2. The zero-order valence-electron chi connectivity index (χ0n) is 12.6. The first-order valence-electron chi connectivity index (χ1n) is 7.18. The van der Waals surface area contributed by atoms with Crippen LogP contribution in [0.5, 0.6) is 0 Å². The maximum absolute atomic E-state index is 11.2. The summed E-state index contributed by atoms with van der Waals surface area (Å²) >= 11 is 0. The number of nitrogen functional groups attached to an aromatic ring is 1. The van der Waals surface area contributed by atoms with Crippen LogP contribution in [0.2, 0.25) is 0 Å². The molecule has 1 aliphatic heterocycles. The molecule has 0 amide bonds. The zero-order valence-corrected chi connectivity index (χ0v) is 12.6. The van der Waals surface area contributed by atoms with Gasteiger partial charge in [-0.2, -0.15) is 0 Å². The molecule has 10 nitrogen and oxygen atoms in total. The second-order valence-corrected chi connectivity index (χ2v) is 5.49. The number of nitrogens with two attached hydrogens (primary N) is 1. The minimum Gasteiger partial charge on any atom is -0.368 e. The van der Waals surface area contributed by atoms with Crippen molar-refractivity contribution in [2.24, 2.45) is 0 Å². The van der Waals surface area contributed by atoms with E-state index in [1.807, 2.05) is 4.90 Å². The second-order valence-electron chi connectivity index (χ2n) is 5.49. The number of nitrogens with zero attached hydrogens (tertiary/aromatic N) is 5. The summed E-state index contributed by atoms with van der Waals surface area (Å²) in [6.45, 7) is 1.53. The van der Waals surface area contributed by atoms with E-state index in [1.54, 1.807) is 6.20 Å². The zero-order chi connectivity index (χ0) is 17.3. The van der Waals surface area contributed by atoms with Gasteiger partial charge in [0.25, 0.3) is 11.4 Å². The Labute approximate surface area is 136 Å². The number of nitro groups is 2. The Morgan fingerprint density at radius 1 is 1.25 bits per heavy atom. The number of benzene rings is 1. The topological polar surface area (TPSA) is 141 Å². The van der Waals surface area contributed by atoms with Crippen LogP contribution in [0, 0.1) is 20.2 Å². The molecule has 2 N–H and O–H groups in total. The molecule has 0 radical (unpaired) electrons. The van der Waals surface area contributed by atoms with Crippen LogP contribution in [0.3, 0.4) is 0 Å². The van der Waals surface area contributed by atoms with Crippen molar-refractivity contribution in [2.75, 3.05) is 12.3 Å². The van der Waals surface area contributed by atoms with Gasteiger partial charge in [0.05, 0.1) is 21.6 Å². The molecule has 0 bridgehead atoms. The van der Waals surface area contributed by atoms with Crippen LogP contribution in [-0.4, -0.2) is 31.3 Å². The maximum Gasteiger partial charge on any atom is 0.280 e. The third-order valence-corrected chi connectivity index (χ3v) is 3.90. The molecule has 24 heavy (non-hydrogen) atoms. The van der Waals surface area contributed by atoms with E-state index in [9.17, 15) is 20.2 Å². The van der Waals surface area contributed by atoms with Crippen molar-refractivity contribution >= 4 is 17.3 Å². The summed E-state index contributed by atoms with van der Waals surface area (Å²) in [5.74, 6) is 0.230. The van der Waals surface area contributed by atoms with Crippen LogP contribution in [0.25, 0.3) is 0 Å². The van der Waals surface area contributed by atoms with Crippen LogP contribution < -0.4 is 5.73 Å². The van der Waals surface area contributed by atoms with Gasteiger partial charge in [0.2, 0.25) is 5.95 Å². The van der Waals surface area contributed by atoms with Crippen LogP contribution in [-0.2, 0) is 19.5 Å². The van der Waals surface area contributed by atoms with E-state index >= 15 is 0 Å². The Bertz CT molecular complexity index is 825. The van der Waals surface area contributed by atoms with Gasteiger partial charge in [-0.1, -0.05) is 0 Å². The Balaban J connectivity index is 1.83. The first kappa shape index (κ1) is 15.7. The van der Waals surface area contributed by atoms with Gasteiger partial charge in [-0.25, -0.2) is 9.97 Å². The Morgan fingerprint density at radius 2 is 2.04 bits per heavy atom. The van der Waals surface area contributed by atoms with E-state index in [0.29, 0.717) is 31.6 Å². The van der Waals surface area contributed by atoms with Crippen molar-refractivity contribution in [2.45, 2.75) is 19.5 Å². The molecule has 1 aromatic carbocycles. The molecule has 0 atom stereocenters. The molecule has 124 valence electrons. The molecule has 0 aliphatic carbocycles. The average molecular weight is 330 g/mol. The van der Waals surface area contributed by atoms with Gasteiger partial charge < -0.3 is 5.73 Å². The van der Waals surface area contributed by atoms with Crippen LogP contribution >= 0.6 is 0 Å². The SMILES string of the molecule is Nc1ncc2c(n1)CCN(Cc1ccc([N+](=O)[O-])cc1[N+](=O)[O-])C2. The molecule has 1 aromatic heterocycles. The molecule has 0 spiro atoms. The van der Waals surface area contributed by atoms with Crippen LogP contribution in [0.15, 0.2) is 24.4 Å². The van der Waals surface area contributed by atoms with Crippen molar-refractivity contribution in [3.63, 3.8) is 0 Å². The van der Waals surface area contributed by atoms with E-state index in [0.717, 1.165) is 17.3 Å². The molecule has 0 unspecified atom stereocenters. The molecular formula is C14H14N6O4. The number of rotatable bonds is 4. The van der Waals surface area contributed by atoms with Gasteiger partial charge in [-0.05, 0) is 6.07 Å². The highest BCUT2D eigenvalue weighted by atomic mass is 16.6. The Kier molecular flexibility index (Phi) is 4.04. The highest BCUT2D eigenvalue weighted by Gasteiger charge is 2.23. The van der Waals surface area contributed by atoms with Crippen molar-refractivity contribution in [3.05, 3.63) is 61.4 Å². The van der Waals surface area contributed by atoms with Crippen molar-refractivity contribution < 1.29 is 9.85 Å². The summed E-state index contributed by atoms with van der Waals surface area (Å²) in [6.07, 6.45) is 2.33. The lowest BCUT2D eigenvalue weighted by Crippen LogP contribution is -2.31. The van der Waals surface area contributed by atoms with Gasteiger partial charge in [0.15, 0.2) is 0 Å². The van der Waals surface area contributed by atoms with E-state index < -0.39 is 9.85 Å². The van der Waals surface area contributed by atoms with Gasteiger partial charge in [-0.15, -0.1) is 0 Å². The number of non-ortho nitro benzene ring substituents is 1. The molecule has 10 heteroatoms. The fourth-order valence-corrected chi connectivity index (χ4v) is 2.74. The molecule has 1 aliphatic rings. The fraction of sp³-hybridized carbons (Fsp3) is 0.286. The van der Waals surface area contributed by atoms with Crippen LogP contribution in [0.1, 0.15) is 16.8 Å². The quantitative estimate of drug-likeness (QED) is 0.655. The molecule has 0 fully saturated rings. The lowest BCUT2D eigenvalue weighted by Gasteiger charge is -2.27. The monoisotopic (exact) mass is 330 g/mol. The maximum atomic E-state index is 11.2. The van der Waals surface area contributed by atoms with Crippen molar-refractivity contribution in [3.8, 4) is 0 Å². The Morgan fingerprint density at radius 3 is 2.75 bits per heavy atom. The van der Waals surface area contributed by atoms with E-state index in [1.165, 1.54) is 12.1 Å². The third-order valence-electron chi connectivity index (χ3n) is 3.90. The van der Waals surface area contributed by atoms with Gasteiger partial charge in [-0.3, -0.25) is 25.1 Å². The largest absolute Gasteiger partial charge is 0.368 e. The molecule has 0 saturated heterocycles. The van der Waals surface area contributed by atoms with Crippen molar-refractivity contribution in [1.29, 1.82) is 0 Å². The van der Waals surface area contributed by atoms with Gasteiger partial charge >= 0.3 is 0 Å². The first-order valence-corrected chi connectivity index (χ1v) is 7.18. The lowest BCUT2D eigenvalue weighted by molar-refractivity contribution is -0.394. The smallest absolute Gasteiger partial charge is 0.280 e. The number of hydrogen-bond donors (Lipinski definition) is 1. The molecule has 0 saturated carbocycles. The summed E-state index contributed by atoms with van der Waals surface area (Å²) in [5.41, 5.74) is 7.28. The second kappa shape index (κ2) is 6.16. The highest BCUT2D eigenvalue weighted by Crippen LogP contribution is 2.27. The van der Waals surface area contributed by atoms with Gasteiger partial charge in [0, 0.05) is 49.4 Å². The van der Waals surface area contributed by atoms with Crippen LogP contribution in [0.4, 0.5) is 17.3 Å². The minimum absolute atomic E-state index is 0.230. The molecule has 3 rings (SSSR count). The number of aromatic nitrogens is 2. The summed E-state index contributed by atoms with van der Waals surface area (Å²) < 4.78 is 0. The molecule has 2 heterocycles. The van der Waals surface area contributed by atoms with E-state index in [2.05, 4.69) is 9.97 Å². The van der Waals surface area contributed by atoms with Gasteiger partial charge in [0.1, 0.15) is 0 Å². The third kappa shape index (κ3) is 3.13. The predicted molar refractivity (Wildman–Crippen MR) is 84.0 cm³/mol. The summed E-state index contributed by atoms with van der Waals surface area (Å²) in [6, 6.07) is 3.71. The molecule has 2 aromatic rings. The Hall–Kier alpha value is -3.14. The average Bonchev–Trinajstić information content (AvgIpc) is 2.55. The summed E-state index contributed by atoms with van der Waals surface area (Å²) in [5, 5.41) is 22.0. The summed E-state index contributed by atoms with van der Waals surface area (Å²) in [4.78, 5) is 30.9. The fourth-order valence-electron chi connectivity index (χ4n) is 2.74. The van der Waals surface area contributed by atoms with Crippen molar-refractivity contribution in [1.82, 2.24) is 14.9 Å². The molecular weight excluding hydrogens is 316 g/mol. The first-order chi connectivity index (χ1) is 11.4. The normalized spacial score (nSPS) is 14.2. The lowest BCUT2D eigenvalue weighted by atomic mass is 10.1. The number of fused-ring (bicyclic) bond motifs is 1. The standard InChI is InChI=1S/C14H14N6O4/c15-14-16-6-10-8-18(4-3-12(10)17-14)7-9-1-2-11(19(21)22)5-13(9)20(23)24/h1-2,5-6H,3-4,7-8H2,(H2,15,16,17). The highest BCUT2D eigenvalue weighted by molar-refractivity contribution is 5.49.